The van der Waals surface area contributed by atoms with Gasteiger partial charge in [-0.2, -0.15) is 0 Å². The third-order valence-corrected chi connectivity index (χ3v) is 2.81. The molecule has 1 aromatic carbocycles. The summed E-state index contributed by atoms with van der Waals surface area (Å²) in [4.78, 5) is 16.4. The zero-order valence-electron chi connectivity index (χ0n) is 7.60. The Morgan fingerprint density at radius 1 is 1.36 bits per heavy atom. The van der Waals surface area contributed by atoms with E-state index in [1.54, 1.807) is 0 Å². The van der Waals surface area contributed by atoms with Gasteiger partial charge in [-0.05, 0) is 24.6 Å². The van der Waals surface area contributed by atoms with E-state index in [4.69, 9.17) is 5.73 Å². The Kier molecular flexibility index (Phi) is 2.20. The van der Waals surface area contributed by atoms with Crippen molar-refractivity contribution in [1.82, 2.24) is 9.97 Å². The summed E-state index contributed by atoms with van der Waals surface area (Å²) in [7, 11) is 0. The second-order valence-corrected chi connectivity index (χ2v) is 4.14. The molecular formula is C9H10BrN3O. The van der Waals surface area contributed by atoms with Crippen LogP contribution >= 0.6 is 15.9 Å². The first-order valence-electron chi connectivity index (χ1n) is 4.25. The van der Waals surface area contributed by atoms with Gasteiger partial charge in [0.05, 0.1) is 11.0 Å². The van der Waals surface area contributed by atoms with Gasteiger partial charge < -0.3 is 15.7 Å². The highest BCUT2D eigenvalue weighted by Crippen LogP contribution is 2.25. The first-order valence-corrected chi connectivity index (χ1v) is 5.04. The molecule has 0 aliphatic carbocycles. The normalized spacial score (nSPS) is 13.4. The molecule has 74 valence electrons. The fourth-order valence-corrected chi connectivity index (χ4v) is 2.13. The second-order valence-electron chi connectivity index (χ2n) is 3.29. The van der Waals surface area contributed by atoms with E-state index < -0.39 is 0 Å². The molecule has 4 nitrogen and oxygen atoms in total. The van der Waals surface area contributed by atoms with Crippen LogP contribution in [0.25, 0.3) is 11.0 Å². The van der Waals surface area contributed by atoms with Crippen LogP contribution in [-0.2, 0) is 0 Å². The van der Waals surface area contributed by atoms with Crippen LogP contribution in [0.3, 0.4) is 0 Å². The zero-order valence-corrected chi connectivity index (χ0v) is 9.18. The van der Waals surface area contributed by atoms with Crippen molar-refractivity contribution in [3.8, 4) is 0 Å². The van der Waals surface area contributed by atoms with Crippen LogP contribution in [0, 0.1) is 0 Å². The lowest BCUT2D eigenvalue weighted by Gasteiger charge is -2.07. The van der Waals surface area contributed by atoms with Crippen LogP contribution in [-0.4, -0.2) is 9.97 Å². The summed E-state index contributed by atoms with van der Waals surface area (Å²) in [5.41, 5.74) is 8.13. The Morgan fingerprint density at radius 2 is 1.93 bits per heavy atom. The van der Waals surface area contributed by atoms with E-state index in [0.29, 0.717) is 0 Å². The molecule has 0 spiro atoms. The average Bonchev–Trinajstić information content (AvgIpc) is 2.42. The predicted molar refractivity (Wildman–Crippen MR) is 59.2 cm³/mol. The zero-order chi connectivity index (χ0) is 10.3. The van der Waals surface area contributed by atoms with Gasteiger partial charge in [0.2, 0.25) is 0 Å². The quantitative estimate of drug-likeness (QED) is 0.725. The molecule has 5 heteroatoms. The van der Waals surface area contributed by atoms with Crippen LogP contribution in [0.2, 0.25) is 0 Å². The van der Waals surface area contributed by atoms with Crippen LogP contribution in [0.5, 0.6) is 0 Å². The SMILES string of the molecule is CC(N)c1cc2[nH]c(=O)[nH]c2cc1Br. The van der Waals surface area contributed by atoms with Gasteiger partial charge >= 0.3 is 5.69 Å². The Balaban J connectivity index is 2.76. The Bertz CT molecular complexity index is 526. The Morgan fingerprint density at radius 3 is 2.50 bits per heavy atom. The smallest absolute Gasteiger partial charge is 0.323 e. The highest BCUT2D eigenvalue weighted by molar-refractivity contribution is 9.10. The minimum Gasteiger partial charge on any atom is -0.324 e. The van der Waals surface area contributed by atoms with Crippen LogP contribution < -0.4 is 11.4 Å². The number of halogens is 1. The van der Waals surface area contributed by atoms with Gasteiger partial charge in [0.1, 0.15) is 0 Å². The number of hydrogen-bond donors (Lipinski definition) is 3. The Labute approximate surface area is 88.6 Å². The van der Waals surface area contributed by atoms with E-state index in [2.05, 4.69) is 25.9 Å². The first-order chi connectivity index (χ1) is 6.58. The molecule has 0 aliphatic heterocycles. The van der Waals surface area contributed by atoms with Gasteiger partial charge in [0.25, 0.3) is 0 Å². The van der Waals surface area contributed by atoms with Gasteiger partial charge in [-0.25, -0.2) is 4.79 Å². The summed E-state index contributed by atoms with van der Waals surface area (Å²) in [6.45, 7) is 1.90. The fourth-order valence-electron chi connectivity index (χ4n) is 1.42. The standard InChI is InChI=1S/C9H10BrN3O/c1-4(11)5-2-7-8(3-6(5)10)13-9(14)12-7/h2-4H,11H2,1H3,(H2,12,13,14). The molecule has 14 heavy (non-hydrogen) atoms. The van der Waals surface area contributed by atoms with Crippen molar-refractivity contribution < 1.29 is 0 Å². The van der Waals surface area contributed by atoms with Crippen LogP contribution in [0.4, 0.5) is 0 Å². The molecular weight excluding hydrogens is 246 g/mol. The van der Waals surface area contributed by atoms with E-state index in [1.807, 2.05) is 19.1 Å². The molecule has 1 heterocycles. The van der Waals surface area contributed by atoms with Crippen LogP contribution in [0.1, 0.15) is 18.5 Å². The second kappa shape index (κ2) is 3.25. The maximum absolute atomic E-state index is 11.0. The number of fused-ring (bicyclic) bond motifs is 1. The number of benzene rings is 1. The largest absolute Gasteiger partial charge is 0.324 e. The number of aromatic amines is 2. The van der Waals surface area contributed by atoms with E-state index in [1.165, 1.54) is 0 Å². The van der Waals surface area contributed by atoms with E-state index in [9.17, 15) is 4.79 Å². The topological polar surface area (TPSA) is 74.7 Å². The molecule has 0 aliphatic rings. The number of nitrogens with two attached hydrogens (primary N) is 1. The number of imidazole rings is 1. The summed E-state index contributed by atoms with van der Waals surface area (Å²) in [5.74, 6) is 0. The minimum atomic E-state index is -0.200. The molecule has 0 saturated heterocycles. The molecule has 1 atom stereocenters. The maximum Gasteiger partial charge on any atom is 0.323 e. The van der Waals surface area contributed by atoms with Crippen molar-refractivity contribution in [2.75, 3.05) is 0 Å². The molecule has 1 unspecified atom stereocenters. The number of aromatic nitrogens is 2. The van der Waals surface area contributed by atoms with Crippen LogP contribution in [0.15, 0.2) is 21.4 Å². The number of rotatable bonds is 1. The highest BCUT2D eigenvalue weighted by atomic mass is 79.9. The lowest BCUT2D eigenvalue weighted by molar-refractivity contribution is 0.815. The van der Waals surface area contributed by atoms with Crippen molar-refractivity contribution in [1.29, 1.82) is 0 Å². The molecule has 2 rings (SSSR count). The summed E-state index contributed by atoms with van der Waals surface area (Å²) >= 11 is 3.41. The summed E-state index contributed by atoms with van der Waals surface area (Å²) in [5, 5.41) is 0. The molecule has 0 amide bonds. The molecule has 1 aromatic heterocycles. The third-order valence-electron chi connectivity index (χ3n) is 2.12. The van der Waals surface area contributed by atoms with Crippen molar-refractivity contribution in [2.45, 2.75) is 13.0 Å². The molecule has 0 bridgehead atoms. The van der Waals surface area contributed by atoms with Crippen molar-refractivity contribution in [3.05, 3.63) is 32.7 Å². The van der Waals surface area contributed by atoms with E-state index in [0.717, 1.165) is 21.1 Å². The average molecular weight is 256 g/mol. The molecule has 2 aromatic rings. The predicted octanol–water partition coefficient (Wildman–Crippen LogP) is 1.64. The molecule has 0 fully saturated rings. The van der Waals surface area contributed by atoms with Gasteiger partial charge in [-0.1, -0.05) is 15.9 Å². The first kappa shape index (κ1) is 9.48. The lowest BCUT2D eigenvalue weighted by atomic mass is 10.1. The lowest BCUT2D eigenvalue weighted by Crippen LogP contribution is -2.05. The number of nitrogens with one attached hydrogen (secondary N) is 2. The number of hydrogen-bond acceptors (Lipinski definition) is 2. The Hall–Kier alpha value is -1.07. The van der Waals surface area contributed by atoms with Crippen molar-refractivity contribution in [3.63, 3.8) is 0 Å². The molecule has 0 radical (unpaired) electrons. The van der Waals surface area contributed by atoms with Gasteiger partial charge in [0.15, 0.2) is 0 Å². The van der Waals surface area contributed by atoms with Gasteiger partial charge in [-0.15, -0.1) is 0 Å². The minimum absolute atomic E-state index is 0.0628. The molecule has 4 N–H and O–H groups in total. The monoisotopic (exact) mass is 255 g/mol. The highest BCUT2D eigenvalue weighted by Gasteiger charge is 2.08. The van der Waals surface area contributed by atoms with Gasteiger partial charge in [-0.3, -0.25) is 0 Å². The summed E-state index contributed by atoms with van der Waals surface area (Å²) in [6, 6.07) is 3.67. The number of H-pyrrole nitrogens is 2. The fraction of sp³-hybridized carbons (Fsp3) is 0.222. The third kappa shape index (κ3) is 1.49. The summed E-state index contributed by atoms with van der Waals surface area (Å²) < 4.78 is 0.912. The maximum atomic E-state index is 11.0. The van der Waals surface area contributed by atoms with Gasteiger partial charge in [0, 0.05) is 10.5 Å². The van der Waals surface area contributed by atoms with E-state index in [-0.39, 0.29) is 11.7 Å². The van der Waals surface area contributed by atoms with E-state index >= 15 is 0 Å². The molecule has 0 saturated carbocycles. The van der Waals surface area contributed by atoms with Crippen molar-refractivity contribution in [2.24, 2.45) is 5.73 Å². The van der Waals surface area contributed by atoms with Crippen molar-refractivity contribution >= 4 is 27.0 Å². The summed E-state index contributed by atoms with van der Waals surface area (Å²) in [6.07, 6.45) is 0.